The predicted octanol–water partition coefficient (Wildman–Crippen LogP) is 0.218. The van der Waals surface area contributed by atoms with Crippen LogP contribution < -0.4 is 0 Å². The summed E-state index contributed by atoms with van der Waals surface area (Å²) in [5.41, 5.74) is 1.72. The highest BCUT2D eigenvalue weighted by Crippen LogP contribution is 2.31. The van der Waals surface area contributed by atoms with Crippen LogP contribution >= 0.6 is 0 Å². The van der Waals surface area contributed by atoms with E-state index in [1.807, 2.05) is 11.0 Å². The van der Waals surface area contributed by atoms with Crippen molar-refractivity contribution in [1.82, 2.24) is 14.8 Å². The zero-order valence-corrected chi connectivity index (χ0v) is 13.2. The Morgan fingerprint density at radius 3 is 2.65 bits per heavy atom. The lowest BCUT2D eigenvalue weighted by atomic mass is 9.99. The Morgan fingerprint density at radius 1 is 1.35 bits per heavy atom. The van der Waals surface area contributed by atoms with Gasteiger partial charge in [0, 0.05) is 19.6 Å². The Bertz CT molecular complexity index is 772. The van der Waals surface area contributed by atoms with E-state index in [4.69, 9.17) is 5.26 Å². The van der Waals surface area contributed by atoms with Gasteiger partial charge in [-0.1, -0.05) is 6.07 Å². The van der Waals surface area contributed by atoms with Gasteiger partial charge in [-0.15, -0.1) is 0 Å². The maximum absolute atomic E-state index is 11.6. The van der Waals surface area contributed by atoms with E-state index >= 15 is 0 Å². The van der Waals surface area contributed by atoms with Crippen LogP contribution in [0, 0.1) is 11.3 Å². The van der Waals surface area contributed by atoms with Crippen LogP contribution in [0.15, 0.2) is 12.1 Å². The lowest BCUT2D eigenvalue weighted by Gasteiger charge is -2.40. The van der Waals surface area contributed by atoms with E-state index in [1.165, 1.54) is 4.90 Å². The van der Waals surface area contributed by atoms with Crippen LogP contribution in [0.5, 0.6) is 0 Å². The average Bonchev–Trinajstić information content (AvgIpc) is 2.53. The van der Waals surface area contributed by atoms with Crippen LogP contribution in [0.2, 0.25) is 0 Å². The highest BCUT2D eigenvalue weighted by Gasteiger charge is 2.35. The van der Waals surface area contributed by atoms with E-state index in [0.717, 1.165) is 5.56 Å². The Morgan fingerprint density at radius 2 is 2.04 bits per heavy atom. The summed E-state index contributed by atoms with van der Waals surface area (Å²) in [6.45, 7) is 1.15. The maximum Gasteiger partial charge on any atom is 0.407 e. The highest BCUT2D eigenvalue weighted by atomic mass is 32.2. The minimum Gasteiger partial charge on any atom is -0.465 e. The van der Waals surface area contributed by atoms with Crippen molar-refractivity contribution in [3.8, 4) is 6.07 Å². The molecule has 9 heteroatoms. The molecule has 2 aliphatic rings. The summed E-state index contributed by atoms with van der Waals surface area (Å²) < 4.78 is 23.2. The molecule has 1 aromatic rings. The number of carbonyl (C=O) groups is 1. The van der Waals surface area contributed by atoms with Crippen LogP contribution in [-0.2, 0) is 16.4 Å². The van der Waals surface area contributed by atoms with Gasteiger partial charge in [-0.25, -0.2) is 18.2 Å². The fourth-order valence-corrected chi connectivity index (χ4v) is 4.26. The summed E-state index contributed by atoms with van der Waals surface area (Å²) in [6.07, 6.45) is -1.02. The summed E-state index contributed by atoms with van der Waals surface area (Å²) in [4.78, 5) is 18.9. The number of nitrogens with zero attached hydrogens (tertiary/aromatic N) is 4. The topological polar surface area (TPSA) is 115 Å². The number of hydrogen-bond acceptors (Lipinski definition) is 6. The highest BCUT2D eigenvalue weighted by molar-refractivity contribution is 7.91. The molecule has 122 valence electrons. The molecule has 3 rings (SSSR count). The van der Waals surface area contributed by atoms with Crippen molar-refractivity contribution in [1.29, 1.82) is 5.26 Å². The molecular weight excluding hydrogens is 320 g/mol. The van der Waals surface area contributed by atoms with Crippen molar-refractivity contribution >= 4 is 15.9 Å². The summed E-state index contributed by atoms with van der Waals surface area (Å²) in [7, 11) is -3.02. The van der Waals surface area contributed by atoms with Crippen molar-refractivity contribution in [2.24, 2.45) is 0 Å². The molecule has 0 bridgehead atoms. The predicted molar refractivity (Wildman–Crippen MR) is 80.4 cm³/mol. The van der Waals surface area contributed by atoms with Gasteiger partial charge in [0.15, 0.2) is 9.84 Å². The van der Waals surface area contributed by atoms with E-state index in [1.54, 1.807) is 12.1 Å². The van der Waals surface area contributed by atoms with Crippen molar-refractivity contribution < 1.29 is 18.3 Å². The second-order valence-electron chi connectivity index (χ2n) is 5.72. The zero-order valence-electron chi connectivity index (χ0n) is 12.3. The van der Waals surface area contributed by atoms with Crippen LogP contribution in [0.3, 0.4) is 0 Å². The van der Waals surface area contributed by atoms with Gasteiger partial charge in [0.2, 0.25) is 0 Å². The number of pyridine rings is 1. The molecule has 0 radical (unpaired) electrons. The second kappa shape index (κ2) is 5.79. The molecule has 2 aliphatic heterocycles. The number of hydrogen-bond donors (Lipinski definition) is 1. The average molecular weight is 336 g/mol. The fourth-order valence-electron chi connectivity index (χ4n) is 3.03. The molecule has 23 heavy (non-hydrogen) atoms. The first kappa shape index (κ1) is 15.7. The van der Waals surface area contributed by atoms with Crippen LogP contribution in [-0.4, -0.2) is 65.5 Å². The maximum atomic E-state index is 11.6. The zero-order chi connectivity index (χ0) is 16.6. The molecule has 0 spiro atoms. The molecule has 1 amide bonds. The number of aromatic nitrogens is 1. The molecule has 0 aliphatic carbocycles. The van der Waals surface area contributed by atoms with Crippen LogP contribution in [0.25, 0.3) is 0 Å². The number of carboxylic acid groups (broad SMARTS) is 1. The third kappa shape index (κ3) is 3.13. The molecule has 8 nitrogen and oxygen atoms in total. The van der Waals surface area contributed by atoms with Gasteiger partial charge in [-0.3, -0.25) is 4.90 Å². The smallest absolute Gasteiger partial charge is 0.407 e. The first-order chi connectivity index (χ1) is 10.9. The van der Waals surface area contributed by atoms with Gasteiger partial charge >= 0.3 is 6.09 Å². The molecule has 0 saturated carbocycles. The van der Waals surface area contributed by atoms with Gasteiger partial charge in [-0.2, -0.15) is 5.26 Å². The Kier molecular flexibility index (Phi) is 3.95. The van der Waals surface area contributed by atoms with Crippen LogP contribution in [0.1, 0.15) is 23.0 Å². The molecule has 1 unspecified atom stereocenters. The largest absolute Gasteiger partial charge is 0.465 e. The number of amides is 1. The van der Waals surface area contributed by atoms with E-state index in [9.17, 15) is 18.3 Å². The van der Waals surface area contributed by atoms with Gasteiger partial charge in [-0.05, 0) is 11.6 Å². The van der Waals surface area contributed by atoms with E-state index in [0.29, 0.717) is 18.8 Å². The molecule has 0 aromatic carbocycles. The van der Waals surface area contributed by atoms with Crippen molar-refractivity contribution in [3.05, 3.63) is 29.1 Å². The first-order valence-corrected chi connectivity index (χ1v) is 9.04. The SMILES string of the molecule is N#Cc1ccc2c(n1)C(N1CCS(=O)(=O)CC1)CN(C(=O)O)C2. The second-order valence-corrected chi connectivity index (χ2v) is 8.02. The normalized spacial score (nSPS) is 23.8. The Balaban J connectivity index is 1.95. The minimum absolute atomic E-state index is 0.0594. The molecule has 1 N–H and O–H groups in total. The molecule has 3 heterocycles. The van der Waals surface area contributed by atoms with E-state index < -0.39 is 15.9 Å². The summed E-state index contributed by atoms with van der Waals surface area (Å²) in [5.74, 6) is 0.119. The third-order valence-corrected chi connectivity index (χ3v) is 5.90. The van der Waals surface area contributed by atoms with Gasteiger partial charge in [0.1, 0.15) is 11.8 Å². The minimum atomic E-state index is -3.02. The van der Waals surface area contributed by atoms with Crippen molar-refractivity contribution in [3.63, 3.8) is 0 Å². The summed E-state index contributed by atoms with van der Waals surface area (Å²) in [5, 5.41) is 18.3. The number of sulfone groups is 1. The molecule has 1 saturated heterocycles. The van der Waals surface area contributed by atoms with Crippen molar-refractivity contribution in [2.45, 2.75) is 12.6 Å². The molecular formula is C14H16N4O4S. The van der Waals surface area contributed by atoms with Crippen molar-refractivity contribution in [2.75, 3.05) is 31.1 Å². The molecule has 1 atom stereocenters. The lowest BCUT2D eigenvalue weighted by Crippen LogP contribution is -2.49. The van der Waals surface area contributed by atoms with Crippen LogP contribution in [0.4, 0.5) is 4.79 Å². The Hall–Kier alpha value is -2.18. The quantitative estimate of drug-likeness (QED) is 0.780. The van der Waals surface area contributed by atoms with Gasteiger partial charge in [0.25, 0.3) is 0 Å². The van der Waals surface area contributed by atoms with E-state index in [2.05, 4.69) is 4.98 Å². The number of rotatable bonds is 1. The molecule has 1 fully saturated rings. The molecule has 1 aromatic heterocycles. The number of fused-ring (bicyclic) bond motifs is 1. The van der Waals surface area contributed by atoms with Gasteiger partial charge in [0.05, 0.1) is 29.8 Å². The lowest BCUT2D eigenvalue weighted by molar-refractivity contribution is 0.101. The van der Waals surface area contributed by atoms with E-state index in [-0.39, 0.29) is 36.3 Å². The monoisotopic (exact) mass is 336 g/mol. The first-order valence-electron chi connectivity index (χ1n) is 7.22. The standard InChI is InChI=1S/C14H16N4O4S/c15-7-11-2-1-10-8-18(14(19)20)9-12(13(10)16-11)17-3-5-23(21,22)6-4-17/h1-2,12H,3-6,8-9H2,(H,19,20). The summed E-state index contributed by atoms with van der Waals surface area (Å²) in [6, 6.07) is 4.97. The van der Waals surface area contributed by atoms with Gasteiger partial charge < -0.3 is 10.0 Å². The third-order valence-electron chi connectivity index (χ3n) is 4.29. The number of nitriles is 1. The Labute approximate surface area is 133 Å². The fraction of sp³-hybridized carbons (Fsp3) is 0.500. The summed E-state index contributed by atoms with van der Waals surface area (Å²) >= 11 is 0.